The highest BCUT2D eigenvalue weighted by atomic mass is 32.1. The van der Waals surface area contributed by atoms with Crippen LogP contribution < -0.4 is 0 Å². The highest BCUT2D eigenvalue weighted by Gasteiger charge is 2.12. The number of nitrogens with zero attached hydrogens (tertiary/aromatic N) is 3. The largest absolute Gasteiger partial charge is 0.378 e. The first kappa shape index (κ1) is 13.1. The van der Waals surface area contributed by atoms with E-state index in [-0.39, 0.29) is 0 Å². The molecule has 0 aliphatic rings. The van der Waals surface area contributed by atoms with Crippen LogP contribution in [0.2, 0.25) is 0 Å². The molecular weight excluding hydrogens is 222 g/mol. The molecule has 0 aromatic carbocycles. The van der Waals surface area contributed by atoms with E-state index in [9.17, 15) is 0 Å². The Morgan fingerprint density at radius 3 is 2.62 bits per heavy atom. The Morgan fingerprint density at radius 2 is 2.12 bits per heavy atom. The van der Waals surface area contributed by atoms with Crippen LogP contribution in [0.1, 0.15) is 29.4 Å². The molecule has 0 unspecified atom stereocenters. The molecule has 1 aromatic rings. The first-order chi connectivity index (χ1) is 7.74. The third-order valence-electron chi connectivity index (χ3n) is 2.38. The Labute approximate surface area is 100 Å². The minimum Gasteiger partial charge on any atom is -0.378 e. The smallest absolute Gasteiger partial charge is 0.130 e. The van der Waals surface area contributed by atoms with Gasteiger partial charge in [0.1, 0.15) is 16.0 Å². The van der Waals surface area contributed by atoms with E-state index in [1.807, 2.05) is 0 Å². The van der Waals surface area contributed by atoms with Gasteiger partial charge in [0.2, 0.25) is 0 Å². The standard InChI is InChI=1S/C11H17N3OS/c1-4-14(5-2)7-11-13-9(8-15-3)10(6-12)16-11/h4-5,7-8H2,1-3H3. The van der Waals surface area contributed by atoms with Crippen molar-refractivity contribution in [3.8, 4) is 6.07 Å². The van der Waals surface area contributed by atoms with Crippen LogP contribution in [0.15, 0.2) is 0 Å². The summed E-state index contributed by atoms with van der Waals surface area (Å²) < 4.78 is 5.02. The van der Waals surface area contributed by atoms with Crippen LogP contribution in [0.3, 0.4) is 0 Å². The van der Waals surface area contributed by atoms with Gasteiger partial charge in [0.05, 0.1) is 18.8 Å². The molecule has 0 bridgehead atoms. The van der Waals surface area contributed by atoms with Gasteiger partial charge in [-0.15, -0.1) is 11.3 Å². The molecule has 0 amide bonds. The molecule has 88 valence electrons. The van der Waals surface area contributed by atoms with Gasteiger partial charge in [-0.2, -0.15) is 5.26 Å². The fourth-order valence-electron chi connectivity index (χ4n) is 1.43. The molecule has 0 fully saturated rings. The highest BCUT2D eigenvalue weighted by molar-refractivity contribution is 7.12. The molecule has 0 saturated heterocycles. The molecular formula is C11H17N3OS. The zero-order valence-electron chi connectivity index (χ0n) is 9.99. The maximum absolute atomic E-state index is 8.96. The van der Waals surface area contributed by atoms with Crippen LogP contribution in [0.4, 0.5) is 0 Å². The van der Waals surface area contributed by atoms with Crippen molar-refractivity contribution in [1.29, 1.82) is 5.26 Å². The van der Waals surface area contributed by atoms with Gasteiger partial charge in [0.15, 0.2) is 0 Å². The van der Waals surface area contributed by atoms with E-state index in [2.05, 4.69) is 29.8 Å². The van der Waals surface area contributed by atoms with Gasteiger partial charge in [-0.25, -0.2) is 4.98 Å². The maximum atomic E-state index is 8.96. The van der Waals surface area contributed by atoms with Crippen molar-refractivity contribution >= 4 is 11.3 Å². The summed E-state index contributed by atoms with van der Waals surface area (Å²) in [6.45, 7) is 7.47. The molecule has 0 aliphatic carbocycles. The summed E-state index contributed by atoms with van der Waals surface area (Å²) in [5, 5.41) is 9.95. The summed E-state index contributed by atoms with van der Waals surface area (Å²) in [7, 11) is 1.62. The summed E-state index contributed by atoms with van der Waals surface area (Å²) in [5.41, 5.74) is 0.761. The molecule has 16 heavy (non-hydrogen) atoms. The third-order valence-corrected chi connectivity index (χ3v) is 3.36. The second kappa shape index (κ2) is 6.59. The van der Waals surface area contributed by atoms with Crippen molar-refractivity contribution in [2.24, 2.45) is 0 Å². The number of methoxy groups -OCH3 is 1. The van der Waals surface area contributed by atoms with Crippen molar-refractivity contribution < 1.29 is 4.74 Å². The summed E-state index contributed by atoms with van der Waals surface area (Å²) in [6.07, 6.45) is 0. The lowest BCUT2D eigenvalue weighted by Crippen LogP contribution is -2.21. The first-order valence-electron chi connectivity index (χ1n) is 5.35. The van der Waals surface area contributed by atoms with Crippen LogP contribution in [-0.4, -0.2) is 30.1 Å². The van der Waals surface area contributed by atoms with E-state index < -0.39 is 0 Å². The van der Waals surface area contributed by atoms with Crippen LogP contribution in [-0.2, 0) is 17.9 Å². The molecule has 0 N–H and O–H groups in total. The Kier molecular flexibility index (Phi) is 5.39. The maximum Gasteiger partial charge on any atom is 0.130 e. The average Bonchev–Trinajstić information content (AvgIpc) is 2.68. The number of thiazole rings is 1. The van der Waals surface area contributed by atoms with Gasteiger partial charge < -0.3 is 4.74 Å². The number of nitriles is 1. The van der Waals surface area contributed by atoms with Gasteiger partial charge in [-0.1, -0.05) is 13.8 Å². The summed E-state index contributed by atoms with van der Waals surface area (Å²) in [5.74, 6) is 0. The van der Waals surface area contributed by atoms with Gasteiger partial charge in [0.25, 0.3) is 0 Å². The molecule has 0 saturated carbocycles. The van der Waals surface area contributed by atoms with Crippen molar-refractivity contribution in [1.82, 2.24) is 9.88 Å². The van der Waals surface area contributed by atoms with Gasteiger partial charge in [-0.3, -0.25) is 4.90 Å². The van der Waals surface area contributed by atoms with Crippen LogP contribution in [0.5, 0.6) is 0 Å². The van der Waals surface area contributed by atoms with E-state index >= 15 is 0 Å². The Bertz CT molecular complexity index is 366. The summed E-state index contributed by atoms with van der Waals surface area (Å²) in [6, 6.07) is 2.17. The lowest BCUT2D eigenvalue weighted by molar-refractivity contribution is 0.181. The fraction of sp³-hybridized carbons (Fsp3) is 0.636. The van der Waals surface area contributed by atoms with E-state index in [1.165, 1.54) is 11.3 Å². The Balaban J connectivity index is 2.78. The van der Waals surface area contributed by atoms with E-state index in [4.69, 9.17) is 10.00 Å². The molecule has 4 nitrogen and oxygen atoms in total. The third kappa shape index (κ3) is 3.27. The van der Waals surface area contributed by atoms with Crippen molar-refractivity contribution in [2.75, 3.05) is 20.2 Å². The first-order valence-corrected chi connectivity index (χ1v) is 6.16. The lowest BCUT2D eigenvalue weighted by atomic mass is 10.4. The quantitative estimate of drug-likeness (QED) is 0.762. The monoisotopic (exact) mass is 239 g/mol. The number of ether oxygens (including phenoxy) is 1. The molecule has 0 radical (unpaired) electrons. The van der Waals surface area contributed by atoms with E-state index in [1.54, 1.807) is 7.11 Å². The van der Waals surface area contributed by atoms with Crippen molar-refractivity contribution in [3.05, 3.63) is 15.6 Å². The number of aromatic nitrogens is 1. The van der Waals surface area contributed by atoms with Crippen molar-refractivity contribution in [3.63, 3.8) is 0 Å². The van der Waals surface area contributed by atoms with Crippen LogP contribution >= 0.6 is 11.3 Å². The Hall–Kier alpha value is -0.960. The second-order valence-electron chi connectivity index (χ2n) is 3.39. The molecule has 1 rings (SSSR count). The SMILES string of the molecule is CCN(CC)Cc1nc(COC)c(C#N)s1. The second-order valence-corrected chi connectivity index (χ2v) is 4.47. The summed E-state index contributed by atoms with van der Waals surface area (Å²) >= 11 is 1.46. The predicted octanol–water partition coefficient (Wildman–Crippen LogP) is 2.00. The fourth-order valence-corrected chi connectivity index (χ4v) is 2.34. The molecule has 0 atom stereocenters. The van der Waals surface area contributed by atoms with Gasteiger partial charge in [-0.05, 0) is 13.1 Å². The lowest BCUT2D eigenvalue weighted by Gasteiger charge is -2.15. The zero-order valence-corrected chi connectivity index (χ0v) is 10.8. The summed E-state index contributed by atoms with van der Waals surface area (Å²) in [4.78, 5) is 7.38. The zero-order chi connectivity index (χ0) is 12.0. The van der Waals surface area contributed by atoms with E-state index in [0.717, 1.165) is 30.3 Å². The van der Waals surface area contributed by atoms with Gasteiger partial charge >= 0.3 is 0 Å². The number of hydrogen-bond acceptors (Lipinski definition) is 5. The van der Waals surface area contributed by atoms with Crippen molar-refractivity contribution in [2.45, 2.75) is 27.0 Å². The molecule has 1 heterocycles. The predicted molar refractivity (Wildman–Crippen MR) is 64.2 cm³/mol. The number of rotatable bonds is 6. The van der Waals surface area contributed by atoms with Crippen LogP contribution in [0, 0.1) is 11.3 Å². The molecule has 5 heteroatoms. The van der Waals surface area contributed by atoms with E-state index in [0.29, 0.717) is 11.5 Å². The highest BCUT2D eigenvalue weighted by Crippen LogP contribution is 2.19. The minimum atomic E-state index is 0.414. The molecule has 0 spiro atoms. The van der Waals surface area contributed by atoms with Crippen LogP contribution in [0.25, 0.3) is 0 Å². The minimum absolute atomic E-state index is 0.414. The number of hydrogen-bond donors (Lipinski definition) is 0. The topological polar surface area (TPSA) is 49.2 Å². The molecule has 0 aliphatic heterocycles. The molecule has 1 aromatic heterocycles. The average molecular weight is 239 g/mol. The van der Waals surface area contributed by atoms with Gasteiger partial charge in [0, 0.05) is 7.11 Å². The normalized spacial score (nSPS) is 10.7. The Morgan fingerprint density at radius 1 is 1.44 bits per heavy atom.